The van der Waals surface area contributed by atoms with Crippen LogP contribution in [0.2, 0.25) is 0 Å². The molecular weight excluding hydrogens is 366 g/mol. The molecule has 1 heterocycles. The van der Waals surface area contributed by atoms with Crippen molar-refractivity contribution < 1.29 is 19.2 Å². The number of hydrogen-bond donors (Lipinski definition) is 1. The van der Waals surface area contributed by atoms with E-state index in [1.165, 1.54) is 5.57 Å². The molecule has 1 N–H and O–H groups in total. The second kappa shape index (κ2) is 8.00. The third-order valence-electron chi connectivity index (χ3n) is 7.16. The number of nitrogens with one attached hydrogen (secondary N) is 1. The van der Waals surface area contributed by atoms with E-state index in [0.29, 0.717) is 12.3 Å². The van der Waals surface area contributed by atoms with Gasteiger partial charge in [-0.15, -0.1) is 0 Å². The molecule has 0 aromatic heterocycles. The number of rotatable bonds is 2. The van der Waals surface area contributed by atoms with Crippen molar-refractivity contribution in [3.63, 3.8) is 0 Å². The van der Waals surface area contributed by atoms with Crippen molar-refractivity contribution in [3.8, 4) is 0 Å². The van der Waals surface area contributed by atoms with Crippen LogP contribution in [0, 0.1) is 29.1 Å². The van der Waals surface area contributed by atoms with Crippen molar-refractivity contribution >= 4 is 23.3 Å². The highest BCUT2D eigenvalue weighted by Gasteiger charge is 2.65. The van der Waals surface area contributed by atoms with E-state index in [4.69, 9.17) is 0 Å². The van der Waals surface area contributed by atoms with Crippen LogP contribution in [0.1, 0.15) is 66.7 Å². The molecule has 1 saturated heterocycles. The molecule has 29 heavy (non-hydrogen) atoms. The monoisotopic (exact) mass is 399 g/mol. The van der Waals surface area contributed by atoms with E-state index in [9.17, 15) is 19.2 Å². The van der Waals surface area contributed by atoms with Crippen molar-refractivity contribution in [3.05, 3.63) is 23.3 Å². The third-order valence-corrected chi connectivity index (χ3v) is 7.16. The van der Waals surface area contributed by atoms with Crippen LogP contribution in [-0.4, -0.2) is 29.3 Å². The minimum absolute atomic E-state index is 0.0497. The van der Waals surface area contributed by atoms with Gasteiger partial charge in [-0.25, -0.2) is 0 Å². The van der Waals surface area contributed by atoms with Gasteiger partial charge in [-0.1, -0.05) is 44.1 Å². The molecule has 5 atom stereocenters. The number of carbonyl (C=O) groups excluding carboxylic acids is 4. The Kier molecular flexibility index (Phi) is 5.98. The summed E-state index contributed by atoms with van der Waals surface area (Å²) in [6, 6.07) is -0.0660. The molecule has 1 fully saturated rings. The molecule has 0 radical (unpaired) electrons. The van der Waals surface area contributed by atoms with Gasteiger partial charge in [0.15, 0.2) is 11.6 Å². The number of amides is 1. The fourth-order valence-corrected chi connectivity index (χ4v) is 5.62. The lowest BCUT2D eigenvalue weighted by molar-refractivity contribution is -0.146. The molecule has 1 spiro atoms. The highest BCUT2D eigenvalue weighted by Crippen LogP contribution is 2.55. The van der Waals surface area contributed by atoms with Gasteiger partial charge in [-0.2, -0.15) is 0 Å². The van der Waals surface area contributed by atoms with E-state index in [0.717, 1.165) is 12.0 Å². The minimum Gasteiger partial charge on any atom is -0.352 e. The first-order valence-corrected chi connectivity index (χ1v) is 10.8. The Morgan fingerprint density at radius 1 is 1.00 bits per heavy atom. The van der Waals surface area contributed by atoms with Crippen molar-refractivity contribution in [1.29, 1.82) is 0 Å². The quantitative estimate of drug-likeness (QED) is 0.437. The van der Waals surface area contributed by atoms with E-state index in [2.05, 4.69) is 39.1 Å². The number of carbonyl (C=O) groups is 4. The zero-order valence-electron chi connectivity index (χ0n) is 18.2. The van der Waals surface area contributed by atoms with Crippen LogP contribution in [0.5, 0.6) is 0 Å². The Morgan fingerprint density at radius 3 is 2.24 bits per heavy atom. The van der Waals surface area contributed by atoms with Gasteiger partial charge in [-0.3, -0.25) is 19.2 Å². The van der Waals surface area contributed by atoms with Crippen LogP contribution in [0.3, 0.4) is 0 Å². The first-order valence-electron chi connectivity index (χ1n) is 10.8. The Balaban J connectivity index is 2.17. The first-order chi connectivity index (χ1) is 13.6. The largest absolute Gasteiger partial charge is 0.352 e. The molecule has 5 heteroatoms. The normalized spacial score (nSPS) is 37.9. The van der Waals surface area contributed by atoms with Gasteiger partial charge in [0.2, 0.25) is 5.91 Å². The van der Waals surface area contributed by atoms with Crippen molar-refractivity contribution in [2.24, 2.45) is 29.1 Å². The lowest BCUT2D eigenvalue weighted by atomic mass is 9.54. The van der Waals surface area contributed by atoms with Gasteiger partial charge in [0, 0.05) is 37.1 Å². The maximum Gasteiger partial charge on any atom is 0.235 e. The zero-order chi connectivity index (χ0) is 21.5. The van der Waals surface area contributed by atoms with Crippen LogP contribution in [0.15, 0.2) is 23.3 Å². The summed E-state index contributed by atoms with van der Waals surface area (Å²) in [4.78, 5) is 51.5. The van der Waals surface area contributed by atoms with E-state index < -0.39 is 17.0 Å². The molecule has 5 nitrogen and oxygen atoms in total. The van der Waals surface area contributed by atoms with Gasteiger partial charge in [-0.05, 0) is 38.5 Å². The number of allylic oxidation sites excluding steroid dienone is 4. The summed E-state index contributed by atoms with van der Waals surface area (Å²) < 4.78 is 0. The van der Waals surface area contributed by atoms with E-state index in [1.807, 2.05) is 13.0 Å². The number of ketones is 3. The third kappa shape index (κ3) is 3.64. The molecule has 0 unspecified atom stereocenters. The predicted octanol–water partition coefficient (Wildman–Crippen LogP) is 3.57. The standard InChI is InChI=1S/C24H33NO4/c1-13(2)10-18-22-16(5)15(4)12-17-11-14(3)6-7-19(26)20(27)8-9-21(28)24(17,22)23(29)25-18/h11-13,16-18,22H,6-10H2,1-5H3,(H,25,29)/b14-11+/t16-,17+,18+,22+,24+/m1/s1. The average molecular weight is 400 g/mol. The molecule has 158 valence electrons. The highest BCUT2D eigenvalue weighted by atomic mass is 16.2. The van der Waals surface area contributed by atoms with Crippen molar-refractivity contribution in [2.45, 2.75) is 72.8 Å². The van der Waals surface area contributed by atoms with Gasteiger partial charge >= 0.3 is 0 Å². The van der Waals surface area contributed by atoms with Crippen LogP contribution in [0.4, 0.5) is 0 Å². The summed E-state index contributed by atoms with van der Waals surface area (Å²) >= 11 is 0. The molecule has 0 bridgehead atoms. The summed E-state index contributed by atoms with van der Waals surface area (Å²) in [5.74, 6) is -1.31. The van der Waals surface area contributed by atoms with Crippen molar-refractivity contribution in [1.82, 2.24) is 5.32 Å². The molecule has 0 saturated carbocycles. The van der Waals surface area contributed by atoms with E-state index in [-0.39, 0.29) is 54.7 Å². The number of Topliss-reactive ketones (excluding diaryl/α,β-unsaturated/α-hetero) is 3. The van der Waals surface area contributed by atoms with Crippen molar-refractivity contribution in [2.75, 3.05) is 0 Å². The topological polar surface area (TPSA) is 80.3 Å². The SMILES string of the molecule is CC1=C[C@@H]2/C=C(\C)CCC(=O)C(=O)CCC(=O)[C@@]23C(=O)N[C@@H](CC(C)C)[C@@H]3[C@@H]1C. The molecule has 3 rings (SSSR count). The van der Waals surface area contributed by atoms with Gasteiger partial charge < -0.3 is 5.32 Å². The molecule has 3 aliphatic rings. The maximum atomic E-state index is 13.7. The fourth-order valence-electron chi connectivity index (χ4n) is 5.62. The molecular formula is C24H33NO4. The Morgan fingerprint density at radius 2 is 1.62 bits per heavy atom. The van der Waals surface area contributed by atoms with Crippen LogP contribution in [0.25, 0.3) is 0 Å². The van der Waals surface area contributed by atoms with Crippen LogP contribution in [-0.2, 0) is 19.2 Å². The molecule has 0 aromatic carbocycles. The smallest absolute Gasteiger partial charge is 0.235 e. The lowest BCUT2D eigenvalue weighted by Crippen LogP contribution is -2.52. The summed E-state index contributed by atoms with van der Waals surface area (Å²) in [5.41, 5.74) is 0.954. The van der Waals surface area contributed by atoms with Gasteiger partial charge in [0.1, 0.15) is 11.2 Å². The zero-order valence-corrected chi connectivity index (χ0v) is 18.2. The van der Waals surface area contributed by atoms with Gasteiger partial charge in [0.25, 0.3) is 0 Å². The predicted molar refractivity (Wildman–Crippen MR) is 111 cm³/mol. The Labute approximate surface area is 173 Å². The van der Waals surface area contributed by atoms with E-state index in [1.54, 1.807) is 0 Å². The average Bonchev–Trinajstić information content (AvgIpc) is 2.93. The lowest BCUT2D eigenvalue weighted by Gasteiger charge is -2.45. The fraction of sp³-hybridized carbons (Fsp3) is 0.667. The first kappa shape index (κ1) is 21.7. The molecule has 1 aliphatic heterocycles. The van der Waals surface area contributed by atoms with Crippen LogP contribution < -0.4 is 5.32 Å². The summed E-state index contributed by atoms with van der Waals surface area (Å²) in [7, 11) is 0. The Hall–Kier alpha value is -2.04. The highest BCUT2D eigenvalue weighted by molar-refractivity contribution is 6.37. The van der Waals surface area contributed by atoms with Crippen LogP contribution >= 0.6 is 0 Å². The minimum atomic E-state index is -1.19. The molecule has 1 amide bonds. The molecule has 0 aromatic rings. The summed E-state index contributed by atoms with van der Waals surface area (Å²) in [6.45, 7) is 10.3. The molecule has 2 aliphatic carbocycles. The number of hydrogen-bond acceptors (Lipinski definition) is 4. The second-order valence-corrected chi connectivity index (χ2v) is 9.61. The van der Waals surface area contributed by atoms with Gasteiger partial charge in [0.05, 0.1) is 0 Å². The second-order valence-electron chi connectivity index (χ2n) is 9.61. The van der Waals surface area contributed by atoms with E-state index >= 15 is 0 Å². The summed E-state index contributed by atoms with van der Waals surface area (Å²) in [6.07, 6.45) is 5.39. The maximum absolute atomic E-state index is 13.7. The summed E-state index contributed by atoms with van der Waals surface area (Å²) in [5, 5.41) is 3.16. The Bertz CT molecular complexity index is 806.